The second-order valence-electron chi connectivity index (χ2n) is 3.59. The zero-order chi connectivity index (χ0) is 13.9. The molecule has 0 aromatic heterocycles. The molecule has 1 N–H and O–H groups in total. The van der Waals surface area contributed by atoms with Gasteiger partial charge in [-0.15, -0.1) is 13.2 Å². The molecule has 0 heterocycles. The maximum Gasteiger partial charge on any atom is 0.573 e. The molecule has 0 spiro atoms. The maximum atomic E-state index is 12.2. The van der Waals surface area contributed by atoms with Crippen molar-refractivity contribution in [3.63, 3.8) is 0 Å². The fourth-order valence-corrected chi connectivity index (χ4v) is 1.42. The molecule has 6 heteroatoms. The van der Waals surface area contributed by atoms with Crippen molar-refractivity contribution in [2.45, 2.75) is 6.36 Å². The number of rotatable bonds is 3. The predicted molar refractivity (Wildman–Crippen MR) is 61.3 cm³/mol. The molecule has 0 aliphatic rings. The molecular weight excluding hydrogens is 261 g/mol. The molecule has 0 aliphatic carbocycles. The number of phenolic OH excluding ortho intramolecular Hbond substituents is 1. The van der Waals surface area contributed by atoms with Gasteiger partial charge in [0.2, 0.25) is 0 Å². The molecule has 100 valence electrons. The Morgan fingerprint density at radius 1 is 0.895 bits per heavy atom. The van der Waals surface area contributed by atoms with Gasteiger partial charge in [-0.2, -0.15) is 0 Å². The van der Waals surface area contributed by atoms with Gasteiger partial charge in [0.05, 0.1) is 0 Å². The Morgan fingerprint density at radius 2 is 1.58 bits per heavy atom. The minimum absolute atomic E-state index is 0.0493. The van der Waals surface area contributed by atoms with Gasteiger partial charge in [0.25, 0.3) is 0 Å². The van der Waals surface area contributed by atoms with Crippen LogP contribution in [-0.2, 0) is 0 Å². The lowest BCUT2D eigenvalue weighted by atomic mass is 10.3. The molecule has 0 saturated carbocycles. The summed E-state index contributed by atoms with van der Waals surface area (Å²) < 4.78 is 45.7. The Hall–Kier alpha value is -2.37. The second kappa shape index (κ2) is 5.09. The molecular formula is C13H9F3O3. The highest BCUT2D eigenvalue weighted by molar-refractivity contribution is 5.44. The third-order valence-corrected chi connectivity index (χ3v) is 2.12. The van der Waals surface area contributed by atoms with Crippen LogP contribution in [0.1, 0.15) is 0 Å². The third kappa shape index (κ3) is 3.80. The molecule has 0 unspecified atom stereocenters. The van der Waals surface area contributed by atoms with Crippen LogP contribution in [-0.4, -0.2) is 11.5 Å². The third-order valence-electron chi connectivity index (χ3n) is 2.12. The van der Waals surface area contributed by atoms with Crippen molar-refractivity contribution in [1.29, 1.82) is 0 Å². The van der Waals surface area contributed by atoms with Crippen LogP contribution in [0.4, 0.5) is 13.2 Å². The zero-order valence-electron chi connectivity index (χ0n) is 9.52. The van der Waals surface area contributed by atoms with Crippen molar-refractivity contribution in [2.75, 3.05) is 0 Å². The highest BCUT2D eigenvalue weighted by atomic mass is 19.4. The van der Waals surface area contributed by atoms with Crippen LogP contribution in [0.3, 0.4) is 0 Å². The Morgan fingerprint density at radius 3 is 2.21 bits per heavy atom. The van der Waals surface area contributed by atoms with Gasteiger partial charge in [0, 0.05) is 6.07 Å². The first-order valence-corrected chi connectivity index (χ1v) is 5.26. The highest BCUT2D eigenvalue weighted by Gasteiger charge is 2.32. The number of hydrogen-bond donors (Lipinski definition) is 1. The molecule has 0 saturated heterocycles. The van der Waals surface area contributed by atoms with Crippen LogP contribution >= 0.6 is 0 Å². The molecule has 2 rings (SSSR count). The number of phenols is 1. The Labute approximate surface area is 106 Å². The summed E-state index contributed by atoms with van der Waals surface area (Å²) in [6.07, 6.45) is -4.79. The van der Waals surface area contributed by atoms with Gasteiger partial charge in [-0.1, -0.05) is 18.2 Å². The van der Waals surface area contributed by atoms with E-state index in [0.717, 1.165) is 6.07 Å². The minimum Gasteiger partial charge on any atom is -0.508 e. The molecule has 2 aromatic rings. The number of halogens is 3. The van der Waals surface area contributed by atoms with Crippen molar-refractivity contribution in [3.05, 3.63) is 48.5 Å². The molecule has 0 aliphatic heterocycles. The topological polar surface area (TPSA) is 38.7 Å². The summed E-state index contributed by atoms with van der Waals surface area (Å²) in [6, 6.07) is 11.1. The lowest BCUT2D eigenvalue weighted by molar-refractivity contribution is -0.275. The van der Waals surface area contributed by atoms with Crippen LogP contribution in [0.15, 0.2) is 48.5 Å². The van der Waals surface area contributed by atoms with E-state index in [1.807, 2.05) is 0 Å². The zero-order valence-corrected chi connectivity index (χ0v) is 9.52. The van der Waals surface area contributed by atoms with Gasteiger partial charge < -0.3 is 14.6 Å². The van der Waals surface area contributed by atoms with Gasteiger partial charge in [-0.05, 0) is 24.3 Å². The number of para-hydroxylation sites is 2. The lowest BCUT2D eigenvalue weighted by Crippen LogP contribution is -2.17. The average Bonchev–Trinajstić information content (AvgIpc) is 2.30. The van der Waals surface area contributed by atoms with E-state index in [9.17, 15) is 18.3 Å². The Balaban J connectivity index is 2.25. The molecule has 0 radical (unpaired) electrons. The average molecular weight is 270 g/mol. The number of benzene rings is 2. The van der Waals surface area contributed by atoms with Crippen LogP contribution < -0.4 is 9.47 Å². The van der Waals surface area contributed by atoms with E-state index in [-0.39, 0.29) is 17.2 Å². The summed E-state index contributed by atoms with van der Waals surface area (Å²) in [6.45, 7) is 0. The highest BCUT2D eigenvalue weighted by Crippen LogP contribution is 2.35. The van der Waals surface area contributed by atoms with E-state index in [1.165, 1.54) is 42.5 Å². The van der Waals surface area contributed by atoms with Crippen LogP contribution in [0.25, 0.3) is 0 Å². The number of alkyl halides is 3. The smallest absolute Gasteiger partial charge is 0.508 e. The van der Waals surface area contributed by atoms with E-state index in [1.54, 1.807) is 0 Å². The number of ether oxygens (including phenoxy) is 2. The number of aromatic hydroxyl groups is 1. The molecule has 0 atom stereocenters. The van der Waals surface area contributed by atoms with Crippen molar-refractivity contribution < 1.29 is 27.8 Å². The van der Waals surface area contributed by atoms with Gasteiger partial charge in [-0.25, -0.2) is 0 Å². The molecule has 3 nitrogen and oxygen atoms in total. The first-order valence-electron chi connectivity index (χ1n) is 5.26. The van der Waals surface area contributed by atoms with Crippen molar-refractivity contribution >= 4 is 0 Å². The fourth-order valence-electron chi connectivity index (χ4n) is 1.42. The SMILES string of the molecule is Oc1cccc(Oc2ccccc2OC(F)(F)F)c1. The largest absolute Gasteiger partial charge is 0.573 e. The van der Waals surface area contributed by atoms with Crippen LogP contribution in [0.2, 0.25) is 0 Å². The molecule has 0 fully saturated rings. The van der Waals surface area contributed by atoms with Crippen LogP contribution in [0, 0.1) is 0 Å². The fraction of sp³-hybridized carbons (Fsp3) is 0.0769. The summed E-state index contributed by atoms with van der Waals surface area (Å²) in [5.41, 5.74) is 0. The minimum atomic E-state index is -4.79. The number of hydrogen-bond acceptors (Lipinski definition) is 3. The summed E-state index contributed by atoms with van der Waals surface area (Å²) >= 11 is 0. The summed E-state index contributed by atoms with van der Waals surface area (Å²) in [4.78, 5) is 0. The predicted octanol–water partition coefficient (Wildman–Crippen LogP) is 4.08. The van der Waals surface area contributed by atoms with E-state index in [0.29, 0.717) is 0 Å². The second-order valence-corrected chi connectivity index (χ2v) is 3.59. The first-order chi connectivity index (χ1) is 8.94. The Kier molecular flexibility index (Phi) is 3.50. The molecule has 0 amide bonds. The van der Waals surface area contributed by atoms with Crippen molar-refractivity contribution in [3.8, 4) is 23.0 Å². The summed E-state index contributed by atoms with van der Waals surface area (Å²) in [5.74, 6) is -0.381. The molecule has 2 aromatic carbocycles. The van der Waals surface area contributed by atoms with Gasteiger partial charge >= 0.3 is 6.36 Å². The standard InChI is InChI=1S/C13H9F3O3/c14-13(15,16)19-12-7-2-1-6-11(12)18-10-5-3-4-9(17)8-10/h1-8,17H. The van der Waals surface area contributed by atoms with Crippen LogP contribution in [0.5, 0.6) is 23.0 Å². The molecule has 19 heavy (non-hydrogen) atoms. The van der Waals surface area contributed by atoms with Crippen molar-refractivity contribution in [1.82, 2.24) is 0 Å². The normalized spacial score (nSPS) is 11.1. The molecule has 0 bridgehead atoms. The quantitative estimate of drug-likeness (QED) is 0.913. The van der Waals surface area contributed by atoms with Gasteiger partial charge in [-0.3, -0.25) is 0 Å². The van der Waals surface area contributed by atoms with E-state index < -0.39 is 12.1 Å². The lowest BCUT2D eigenvalue weighted by Gasteiger charge is -2.13. The monoisotopic (exact) mass is 270 g/mol. The van der Waals surface area contributed by atoms with Gasteiger partial charge in [0.15, 0.2) is 11.5 Å². The van der Waals surface area contributed by atoms with Crippen molar-refractivity contribution in [2.24, 2.45) is 0 Å². The first kappa shape index (κ1) is 13.1. The summed E-state index contributed by atoms with van der Waals surface area (Å²) in [5, 5.41) is 9.26. The van der Waals surface area contributed by atoms with Gasteiger partial charge in [0.1, 0.15) is 11.5 Å². The maximum absolute atomic E-state index is 12.2. The van der Waals surface area contributed by atoms with E-state index >= 15 is 0 Å². The summed E-state index contributed by atoms with van der Waals surface area (Å²) in [7, 11) is 0. The Bertz CT molecular complexity index is 567. The van der Waals surface area contributed by atoms with E-state index in [4.69, 9.17) is 4.74 Å². The van der Waals surface area contributed by atoms with E-state index in [2.05, 4.69) is 4.74 Å².